The van der Waals surface area contributed by atoms with Crippen molar-refractivity contribution in [2.45, 2.75) is 39.5 Å². The Morgan fingerprint density at radius 3 is 2.20 bits per heavy atom. The number of likely N-dealkylation sites (tertiary alicyclic amines) is 1. The maximum atomic E-state index is 12.4. The standard InChI is InChI=1S/C17H23NO2/c1-3-13-5-7-14(8-6-13)17(20)15-9-11-18(12-10-15)16(19)4-2/h5-8,15H,3-4,9-12H2,1-2H3. The van der Waals surface area contributed by atoms with Gasteiger partial charge >= 0.3 is 0 Å². The number of nitrogens with zero attached hydrogens (tertiary/aromatic N) is 1. The van der Waals surface area contributed by atoms with Crippen LogP contribution in [0.4, 0.5) is 0 Å². The van der Waals surface area contributed by atoms with Gasteiger partial charge in [-0.3, -0.25) is 9.59 Å². The van der Waals surface area contributed by atoms with Gasteiger partial charge in [0.1, 0.15) is 0 Å². The monoisotopic (exact) mass is 273 g/mol. The van der Waals surface area contributed by atoms with Crippen LogP contribution in [0.2, 0.25) is 0 Å². The summed E-state index contributed by atoms with van der Waals surface area (Å²) in [6, 6.07) is 7.93. The number of aryl methyl sites for hydroxylation is 1. The van der Waals surface area contributed by atoms with Gasteiger partial charge in [-0.15, -0.1) is 0 Å². The van der Waals surface area contributed by atoms with Crippen molar-refractivity contribution in [3.63, 3.8) is 0 Å². The Balaban J connectivity index is 1.95. The van der Waals surface area contributed by atoms with Gasteiger partial charge in [0.2, 0.25) is 5.91 Å². The second-order valence-corrected chi connectivity index (χ2v) is 5.42. The first-order chi connectivity index (χ1) is 9.65. The van der Waals surface area contributed by atoms with Crippen molar-refractivity contribution in [1.29, 1.82) is 0 Å². The van der Waals surface area contributed by atoms with Gasteiger partial charge < -0.3 is 4.90 Å². The lowest BCUT2D eigenvalue weighted by molar-refractivity contribution is -0.132. The molecule has 108 valence electrons. The van der Waals surface area contributed by atoms with E-state index in [4.69, 9.17) is 0 Å². The second-order valence-electron chi connectivity index (χ2n) is 5.42. The molecule has 1 fully saturated rings. The number of hydrogen-bond donors (Lipinski definition) is 0. The van der Waals surface area contributed by atoms with Gasteiger partial charge in [0, 0.05) is 31.0 Å². The van der Waals surface area contributed by atoms with Gasteiger partial charge in [0.05, 0.1) is 0 Å². The molecule has 0 atom stereocenters. The quantitative estimate of drug-likeness (QED) is 0.791. The number of benzene rings is 1. The van der Waals surface area contributed by atoms with Crippen molar-refractivity contribution < 1.29 is 9.59 Å². The smallest absolute Gasteiger partial charge is 0.222 e. The van der Waals surface area contributed by atoms with E-state index < -0.39 is 0 Å². The van der Waals surface area contributed by atoms with Gasteiger partial charge in [-0.05, 0) is 24.8 Å². The molecule has 0 N–H and O–H groups in total. The van der Waals surface area contributed by atoms with E-state index in [0.717, 1.165) is 37.9 Å². The molecule has 0 radical (unpaired) electrons. The van der Waals surface area contributed by atoms with Crippen LogP contribution in [0.5, 0.6) is 0 Å². The zero-order chi connectivity index (χ0) is 14.5. The summed E-state index contributed by atoms with van der Waals surface area (Å²) in [6.45, 7) is 5.43. The van der Waals surface area contributed by atoms with Gasteiger partial charge in [0.25, 0.3) is 0 Å². The molecule has 2 rings (SSSR count). The number of hydrogen-bond acceptors (Lipinski definition) is 2. The molecule has 3 nitrogen and oxygen atoms in total. The number of carbonyl (C=O) groups is 2. The molecule has 1 aromatic carbocycles. The van der Waals surface area contributed by atoms with Crippen molar-refractivity contribution in [1.82, 2.24) is 4.90 Å². The number of rotatable bonds is 4. The maximum absolute atomic E-state index is 12.4. The molecule has 3 heteroatoms. The zero-order valence-corrected chi connectivity index (χ0v) is 12.4. The van der Waals surface area contributed by atoms with E-state index >= 15 is 0 Å². The van der Waals surface area contributed by atoms with Crippen LogP contribution in [0.1, 0.15) is 49.0 Å². The lowest BCUT2D eigenvalue weighted by Gasteiger charge is -2.31. The van der Waals surface area contributed by atoms with Gasteiger partial charge in [0.15, 0.2) is 5.78 Å². The van der Waals surface area contributed by atoms with E-state index in [-0.39, 0.29) is 17.6 Å². The van der Waals surface area contributed by atoms with Gasteiger partial charge in [-0.1, -0.05) is 38.1 Å². The highest BCUT2D eigenvalue weighted by atomic mass is 16.2. The first kappa shape index (κ1) is 14.8. The Kier molecular flexibility index (Phi) is 4.94. The molecule has 1 aliphatic rings. The maximum Gasteiger partial charge on any atom is 0.222 e. The molecule has 0 aromatic heterocycles. The number of piperidine rings is 1. The summed E-state index contributed by atoms with van der Waals surface area (Å²) in [5.41, 5.74) is 2.06. The lowest BCUT2D eigenvalue weighted by Crippen LogP contribution is -2.39. The molecule has 0 unspecified atom stereocenters. The Morgan fingerprint density at radius 2 is 1.70 bits per heavy atom. The molecule has 20 heavy (non-hydrogen) atoms. The van der Waals surface area contributed by atoms with E-state index in [2.05, 4.69) is 6.92 Å². The predicted octanol–water partition coefficient (Wildman–Crippen LogP) is 3.08. The van der Waals surface area contributed by atoms with Crippen LogP contribution in [0, 0.1) is 5.92 Å². The molecule has 1 heterocycles. The van der Waals surface area contributed by atoms with Crippen LogP contribution in [0.25, 0.3) is 0 Å². The molecule has 0 aliphatic carbocycles. The Morgan fingerprint density at radius 1 is 1.10 bits per heavy atom. The highest BCUT2D eigenvalue weighted by Crippen LogP contribution is 2.22. The fraction of sp³-hybridized carbons (Fsp3) is 0.529. The third-order valence-electron chi connectivity index (χ3n) is 4.17. The minimum absolute atomic E-state index is 0.0726. The van der Waals surface area contributed by atoms with E-state index in [9.17, 15) is 9.59 Å². The molecule has 1 aliphatic heterocycles. The zero-order valence-electron chi connectivity index (χ0n) is 12.4. The molecule has 1 aromatic rings. The minimum Gasteiger partial charge on any atom is -0.343 e. The van der Waals surface area contributed by atoms with Crippen molar-refractivity contribution in [3.05, 3.63) is 35.4 Å². The average Bonchev–Trinajstić information content (AvgIpc) is 2.53. The third kappa shape index (κ3) is 3.27. The molecular weight excluding hydrogens is 250 g/mol. The molecule has 0 spiro atoms. The van der Waals surface area contributed by atoms with Gasteiger partial charge in [-0.2, -0.15) is 0 Å². The molecule has 1 saturated heterocycles. The van der Waals surface area contributed by atoms with Crippen molar-refractivity contribution in [2.75, 3.05) is 13.1 Å². The first-order valence-electron chi connectivity index (χ1n) is 7.56. The highest BCUT2D eigenvalue weighted by Gasteiger charge is 2.27. The van der Waals surface area contributed by atoms with E-state index in [0.29, 0.717) is 6.42 Å². The SMILES string of the molecule is CCC(=O)N1CCC(C(=O)c2ccc(CC)cc2)CC1. The average molecular weight is 273 g/mol. The Hall–Kier alpha value is -1.64. The van der Waals surface area contributed by atoms with Crippen LogP contribution in [-0.4, -0.2) is 29.7 Å². The molecule has 1 amide bonds. The van der Waals surface area contributed by atoms with E-state index in [1.807, 2.05) is 36.1 Å². The summed E-state index contributed by atoms with van der Waals surface area (Å²) in [5, 5.41) is 0. The fourth-order valence-corrected chi connectivity index (χ4v) is 2.76. The summed E-state index contributed by atoms with van der Waals surface area (Å²) in [6.07, 6.45) is 3.13. The predicted molar refractivity (Wildman–Crippen MR) is 79.7 cm³/mol. The summed E-state index contributed by atoms with van der Waals surface area (Å²) >= 11 is 0. The van der Waals surface area contributed by atoms with Crippen LogP contribution in [-0.2, 0) is 11.2 Å². The summed E-state index contributed by atoms with van der Waals surface area (Å²) in [4.78, 5) is 25.9. The molecular formula is C17H23NO2. The number of ketones is 1. The second kappa shape index (κ2) is 6.69. The van der Waals surface area contributed by atoms with Crippen molar-refractivity contribution in [3.8, 4) is 0 Å². The van der Waals surface area contributed by atoms with E-state index in [1.165, 1.54) is 5.56 Å². The van der Waals surface area contributed by atoms with Crippen molar-refractivity contribution in [2.24, 2.45) is 5.92 Å². The number of Topliss-reactive ketones (excluding diaryl/α,β-unsaturated/α-hetero) is 1. The van der Waals surface area contributed by atoms with Gasteiger partial charge in [-0.25, -0.2) is 0 Å². The third-order valence-corrected chi connectivity index (χ3v) is 4.17. The minimum atomic E-state index is 0.0726. The van der Waals surface area contributed by atoms with Crippen LogP contribution in [0.15, 0.2) is 24.3 Å². The van der Waals surface area contributed by atoms with Crippen LogP contribution >= 0.6 is 0 Å². The largest absolute Gasteiger partial charge is 0.343 e. The highest BCUT2D eigenvalue weighted by molar-refractivity contribution is 5.98. The van der Waals surface area contributed by atoms with E-state index in [1.54, 1.807) is 0 Å². The fourth-order valence-electron chi connectivity index (χ4n) is 2.76. The molecule has 0 saturated carbocycles. The van der Waals surface area contributed by atoms with Crippen LogP contribution in [0.3, 0.4) is 0 Å². The Labute approximate surface area is 121 Å². The Bertz CT molecular complexity index is 470. The summed E-state index contributed by atoms with van der Waals surface area (Å²) < 4.78 is 0. The van der Waals surface area contributed by atoms with Crippen molar-refractivity contribution >= 4 is 11.7 Å². The lowest BCUT2D eigenvalue weighted by atomic mass is 9.88. The first-order valence-corrected chi connectivity index (χ1v) is 7.56. The number of carbonyl (C=O) groups excluding carboxylic acids is 2. The summed E-state index contributed by atoms with van der Waals surface area (Å²) in [5.74, 6) is 0.503. The number of amides is 1. The normalized spacial score (nSPS) is 16.2. The van der Waals surface area contributed by atoms with Crippen LogP contribution < -0.4 is 0 Å². The summed E-state index contributed by atoms with van der Waals surface area (Å²) in [7, 11) is 0. The molecule has 0 bridgehead atoms. The topological polar surface area (TPSA) is 37.4 Å².